The van der Waals surface area contributed by atoms with Crippen molar-refractivity contribution >= 4 is 17.3 Å². The molecule has 32 heavy (non-hydrogen) atoms. The highest BCUT2D eigenvalue weighted by Crippen LogP contribution is 2.35. The van der Waals surface area contributed by atoms with Crippen molar-refractivity contribution in [3.05, 3.63) is 102 Å². The Labute approximate surface area is 187 Å². The van der Waals surface area contributed by atoms with Crippen molar-refractivity contribution < 1.29 is 15.0 Å². The van der Waals surface area contributed by atoms with E-state index in [4.69, 9.17) is 0 Å². The lowest BCUT2D eigenvalue weighted by Gasteiger charge is -2.23. The maximum atomic E-state index is 13.0. The Morgan fingerprint density at radius 3 is 2.19 bits per heavy atom. The summed E-state index contributed by atoms with van der Waals surface area (Å²) in [5, 5.41) is 29.6. The number of hydrazone groups is 1. The third-order valence-corrected chi connectivity index (χ3v) is 5.63. The number of hydrogen-bond acceptors (Lipinski definition) is 5. The number of anilines is 1. The molecule has 3 N–H and O–H groups in total. The number of amides is 1. The van der Waals surface area contributed by atoms with E-state index in [9.17, 15) is 15.0 Å². The molecule has 3 unspecified atom stereocenters. The van der Waals surface area contributed by atoms with Gasteiger partial charge in [-0.25, -0.2) is 0 Å². The van der Waals surface area contributed by atoms with Gasteiger partial charge >= 0.3 is 0 Å². The minimum atomic E-state index is -0.781. The van der Waals surface area contributed by atoms with Crippen LogP contribution in [-0.4, -0.2) is 34.5 Å². The monoisotopic (exact) mass is 429 g/mol. The van der Waals surface area contributed by atoms with Gasteiger partial charge in [0, 0.05) is 6.42 Å². The highest BCUT2D eigenvalue weighted by Gasteiger charge is 2.33. The summed E-state index contributed by atoms with van der Waals surface area (Å²) in [7, 11) is 0. The second-order valence-electron chi connectivity index (χ2n) is 7.87. The molecule has 164 valence electrons. The molecule has 1 amide bonds. The Kier molecular flexibility index (Phi) is 6.94. The molecule has 6 heteroatoms. The number of aliphatic hydroxyl groups is 2. The van der Waals surface area contributed by atoms with E-state index >= 15 is 0 Å². The Hall–Kier alpha value is -3.48. The summed E-state index contributed by atoms with van der Waals surface area (Å²) in [5.41, 5.74) is 3.12. The molecular formula is C26H27N3O3. The van der Waals surface area contributed by atoms with Crippen molar-refractivity contribution in [2.45, 2.75) is 31.0 Å². The van der Waals surface area contributed by atoms with Crippen molar-refractivity contribution in [3.8, 4) is 0 Å². The average molecular weight is 430 g/mol. The van der Waals surface area contributed by atoms with Gasteiger partial charge in [-0.2, -0.15) is 5.10 Å². The first-order valence-electron chi connectivity index (χ1n) is 10.8. The van der Waals surface area contributed by atoms with Crippen molar-refractivity contribution in [2.24, 2.45) is 5.10 Å². The summed E-state index contributed by atoms with van der Waals surface area (Å²) < 4.78 is 0. The number of benzene rings is 3. The lowest BCUT2D eigenvalue weighted by Crippen LogP contribution is -2.42. The lowest BCUT2D eigenvalue weighted by molar-refractivity contribution is -0.116. The molecular weight excluding hydrogens is 402 g/mol. The quantitative estimate of drug-likeness (QED) is 0.511. The van der Waals surface area contributed by atoms with Crippen molar-refractivity contribution in [1.82, 2.24) is 5.32 Å². The van der Waals surface area contributed by atoms with Crippen LogP contribution >= 0.6 is 0 Å². The molecule has 6 nitrogen and oxygen atoms in total. The highest BCUT2D eigenvalue weighted by atomic mass is 16.3. The summed E-state index contributed by atoms with van der Waals surface area (Å²) in [6, 6.07) is 28.3. The van der Waals surface area contributed by atoms with Crippen LogP contribution in [0.5, 0.6) is 0 Å². The number of carbonyl (C=O) groups excluding carboxylic acids is 1. The molecule has 4 rings (SSSR count). The van der Waals surface area contributed by atoms with Crippen LogP contribution in [0, 0.1) is 0 Å². The van der Waals surface area contributed by atoms with Gasteiger partial charge in [0.2, 0.25) is 0 Å². The Morgan fingerprint density at radius 1 is 0.969 bits per heavy atom. The van der Waals surface area contributed by atoms with E-state index in [0.717, 1.165) is 16.8 Å². The summed E-state index contributed by atoms with van der Waals surface area (Å²) in [4.78, 5) is 13.0. The van der Waals surface area contributed by atoms with Crippen LogP contribution in [0.25, 0.3) is 0 Å². The molecule has 1 aliphatic heterocycles. The largest absolute Gasteiger partial charge is 0.394 e. The van der Waals surface area contributed by atoms with Crippen LogP contribution in [0.2, 0.25) is 0 Å². The minimum Gasteiger partial charge on any atom is -0.394 e. The Bertz CT molecular complexity index is 1040. The maximum absolute atomic E-state index is 13.0. The van der Waals surface area contributed by atoms with E-state index in [1.165, 1.54) is 0 Å². The first kappa shape index (κ1) is 21.7. The van der Waals surface area contributed by atoms with Gasteiger partial charge in [-0.1, -0.05) is 78.9 Å². The van der Waals surface area contributed by atoms with E-state index in [1.807, 2.05) is 96.0 Å². The third-order valence-electron chi connectivity index (χ3n) is 5.63. The van der Waals surface area contributed by atoms with Crippen LogP contribution in [0.1, 0.15) is 36.1 Å². The number of nitrogens with zero attached hydrogens (tertiary/aromatic N) is 2. The van der Waals surface area contributed by atoms with Gasteiger partial charge in [-0.05, 0) is 29.7 Å². The van der Waals surface area contributed by atoms with E-state index < -0.39 is 12.1 Å². The van der Waals surface area contributed by atoms with Crippen molar-refractivity contribution in [1.29, 1.82) is 0 Å². The van der Waals surface area contributed by atoms with Gasteiger partial charge in [0.05, 0.1) is 30.5 Å². The Balaban J connectivity index is 1.49. The molecule has 0 fully saturated rings. The first-order valence-corrected chi connectivity index (χ1v) is 10.8. The molecule has 3 aromatic carbocycles. The van der Waals surface area contributed by atoms with Gasteiger partial charge in [0.1, 0.15) is 5.71 Å². The zero-order valence-corrected chi connectivity index (χ0v) is 17.7. The third kappa shape index (κ3) is 5.04. The Morgan fingerprint density at radius 2 is 1.56 bits per heavy atom. The number of hydrogen-bond donors (Lipinski definition) is 3. The average Bonchev–Trinajstić information content (AvgIpc) is 3.31. The summed E-state index contributed by atoms with van der Waals surface area (Å²) in [6.07, 6.45) is -0.120. The first-order chi connectivity index (χ1) is 15.7. The van der Waals surface area contributed by atoms with Crippen LogP contribution in [0.4, 0.5) is 5.69 Å². The SMILES string of the molecule is O=C(NC(CO)CC(O)c1ccccc1)C1=NN(c2ccccc2)C(c2ccccc2)C1. The number of carbonyl (C=O) groups is 1. The van der Waals surface area contributed by atoms with E-state index in [0.29, 0.717) is 12.1 Å². The fourth-order valence-corrected chi connectivity index (χ4v) is 3.93. The molecule has 1 aliphatic rings. The molecule has 0 saturated heterocycles. The highest BCUT2D eigenvalue weighted by molar-refractivity contribution is 6.39. The number of nitrogens with one attached hydrogen (secondary N) is 1. The molecule has 0 aliphatic carbocycles. The second-order valence-corrected chi connectivity index (χ2v) is 7.87. The molecule has 3 aromatic rings. The van der Waals surface area contributed by atoms with Gasteiger partial charge in [-0.3, -0.25) is 9.80 Å². The predicted octanol–water partition coefficient (Wildman–Crippen LogP) is 3.59. The molecule has 3 atom stereocenters. The summed E-state index contributed by atoms with van der Waals surface area (Å²) in [5.74, 6) is -0.330. The number of aliphatic hydroxyl groups excluding tert-OH is 2. The topological polar surface area (TPSA) is 85.2 Å². The standard InChI is InChI=1S/C26H27N3O3/c30-18-21(16-25(31)20-12-6-2-7-13-20)27-26(32)23-17-24(19-10-4-1-5-11-19)29(28-23)22-14-8-3-9-15-22/h1-15,21,24-25,30-31H,16-18H2,(H,27,32). The van der Waals surface area contributed by atoms with Gasteiger partial charge in [0.25, 0.3) is 5.91 Å². The molecule has 0 bridgehead atoms. The van der Waals surface area contributed by atoms with E-state index in [2.05, 4.69) is 10.4 Å². The molecule has 0 saturated carbocycles. The fraction of sp³-hybridized carbons (Fsp3) is 0.231. The van der Waals surface area contributed by atoms with Gasteiger partial charge in [-0.15, -0.1) is 0 Å². The molecule has 0 spiro atoms. The van der Waals surface area contributed by atoms with Gasteiger partial charge < -0.3 is 15.5 Å². The van der Waals surface area contributed by atoms with E-state index in [1.54, 1.807) is 0 Å². The van der Waals surface area contributed by atoms with Crippen LogP contribution < -0.4 is 10.3 Å². The molecule has 0 radical (unpaired) electrons. The lowest BCUT2D eigenvalue weighted by atomic mass is 10.00. The zero-order chi connectivity index (χ0) is 22.3. The zero-order valence-electron chi connectivity index (χ0n) is 17.7. The van der Waals surface area contributed by atoms with Crippen LogP contribution in [0.15, 0.2) is 96.1 Å². The minimum absolute atomic E-state index is 0.0955. The summed E-state index contributed by atoms with van der Waals surface area (Å²) in [6.45, 7) is -0.270. The maximum Gasteiger partial charge on any atom is 0.267 e. The van der Waals surface area contributed by atoms with E-state index in [-0.39, 0.29) is 25.0 Å². The molecule has 0 aromatic heterocycles. The van der Waals surface area contributed by atoms with Crippen molar-refractivity contribution in [3.63, 3.8) is 0 Å². The number of para-hydroxylation sites is 1. The van der Waals surface area contributed by atoms with Crippen LogP contribution in [0.3, 0.4) is 0 Å². The van der Waals surface area contributed by atoms with Gasteiger partial charge in [0.15, 0.2) is 0 Å². The summed E-state index contributed by atoms with van der Waals surface area (Å²) >= 11 is 0. The number of rotatable bonds is 8. The predicted molar refractivity (Wildman–Crippen MR) is 125 cm³/mol. The van der Waals surface area contributed by atoms with Crippen molar-refractivity contribution in [2.75, 3.05) is 11.6 Å². The second kappa shape index (κ2) is 10.2. The molecule has 1 heterocycles. The normalized spacial score (nSPS) is 17.5. The van der Waals surface area contributed by atoms with Crippen LogP contribution in [-0.2, 0) is 4.79 Å². The smallest absolute Gasteiger partial charge is 0.267 e. The fourth-order valence-electron chi connectivity index (χ4n) is 3.93.